The molecule has 30 heavy (non-hydrogen) atoms. The van der Waals surface area contributed by atoms with Gasteiger partial charge in [0, 0.05) is 23.7 Å². The van der Waals surface area contributed by atoms with Gasteiger partial charge in [-0.05, 0) is 56.2 Å². The molecule has 2 amide bonds. The lowest BCUT2D eigenvalue weighted by Crippen LogP contribution is -2.33. The number of halogens is 1. The molecular formula is C22H24ClN3O3S. The van der Waals surface area contributed by atoms with Gasteiger partial charge in [0.2, 0.25) is 11.8 Å². The fourth-order valence-corrected chi connectivity index (χ4v) is 4.51. The first-order valence-corrected chi connectivity index (χ1v) is 10.9. The Morgan fingerprint density at radius 1 is 1.30 bits per heavy atom. The Kier molecular flexibility index (Phi) is 7.05. The summed E-state index contributed by atoms with van der Waals surface area (Å²) in [6, 6.07) is 10.9. The number of hydrogen-bond acceptors (Lipinski definition) is 5. The molecule has 1 fully saturated rings. The number of anilines is 1. The number of ether oxygens (including phenoxy) is 1. The van der Waals surface area contributed by atoms with Gasteiger partial charge in [0.15, 0.2) is 5.17 Å². The smallest absolute Gasteiger partial charge is 0.242 e. The number of amides is 2. The van der Waals surface area contributed by atoms with Gasteiger partial charge in [-0.25, -0.2) is 4.99 Å². The number of benzene rings is 2. The summed E-state index contributed by atoms with van der Waals surface area (Å²) in [5, 5.41) is 3.45. The predicted octanol–water partition coefficient (Wildman–Crippen LogP) is 4.95. The predicted molar refractivity (Wildman–Crippen MR) is 123 cm³/mol. The van der Waals surface area contributed by atoms with E-state index in [1.165, 1.54) is 11.8 Å². The van der Waals surface area contributed by atoms with Crippen LogP contribution in [0.1, 0.15) is 24.5 Å². The molecular weight excluding hydrogens is 422 g/mol. The number of thioether (sulfide) groups is 1. The molecule has 1 aliphatic heterocycles. The maximum Gasteiger partial charge on any atom is 0.242 e. The van der Waals surface area contributed by atoms with Gasteiger partial charge in [0.1, 0.15) is 16.7 Å². The van der Waals surface area contributed by atoms with E-state index in [4.69, 9.17) is 16.3 Å². The number of aliphatic imine (C=N–C) groups is 1. The highest BCUT2D eigenvalue weighted by Gasteiger charge is 2.38. The van der Waals surface area contributed by atoms with Crippen LogP contribution in [-0.2, 0) is 9.59 Å². The van der Waals surface area contributed by atoms with Crippen LogP contribution < -0.4 is 10.1 Å². The van der Waals surface area contributed by atoms with Crippen molar-refractivity contribution in [3.63, 3.8) is 0 Å². The maximum atomic E-state index is 12.9. The fourth-order valence-electron chi connectivity index (χ4n) is 3.13. The number of nitrogens with one attached hydrogen (secondary N) is 1. The van der Waals surface area contributed by atoms with Crippen molar-refractivity contribution in [1.29, 1.82) is 0 Å². The van der Waals surface area contributed by atoms with Crippen molar-refractivity contribution < 1.29 is 14.3 Å². The Labute approximate surface area is 185 Å². The van der Waals surface area contributed by atoms with Crippen LogP contribution in [0.4, 0.5) is 11.4 Å². The van der Waals surface area contributed by atoms with Crippen molar-refractivity contribution in [2.24, 2.45) is 4.99 Å². The van der Waals surface area contributed by atoms with Gasteiger partial charge in [0.05, 0.1) is 7.11 Å². The molecule has 2 aromatic rings. The molecule has 0 spiro atoms. The Morgan fingerprint density at radius 3 is 2.77 bits per heavy atom. The van der Waals surface area contributed by atoms with Crippen LogP contribution in [0, 0.1) is 13.8 Å². The standard InChI is InChI=1S/C22H24ClN3O3S/c1-5-26-21(28)19(12-20(27)24-16-8-6-7-13(2)14(16)3)30-22(26)25-17-11-15(23)9-10-18(17)29-4/h6-11,19H,5,12H2,1-4H3,(H,24,27). The van der Waals surface area contributed by atoms with Crippen LogP contribution in [0.3, 0.4) is 0 Å². The molecule has 0 aliphatic carbocycles. The largest absolute Gasteiger partial charge is 0.494 e. The van der Waals surface area contributed by atoms with Crippen molar-refractivity contribution in [1.82, 2.24) is 4.90 Å². The summed E-state index contributed by atoms with van der Waals surface area (Å²) in [5.74, 6) is 0.234. The van der Waals surface area contributed by atoms with Crippen molar-refractivity contribution in [2.45, 2.75) is 32.4 Å². The van der Waals surface area contributed by atoms with Gasteiger partial charge in [-0.1, -0.05) is 35.5 Å². The van der Waals surface area contributed by atoms with Crippen LogP contribution in [-0.4, -0.2) is 40.8 Å². The summed E-state index contributed by atoms with van der Waals surface area (Å²) in [5.41, 5.74) is 3.42. The van der Waals surface area contributed by atoms with E-state index in [1.807, 2.05) is 39.0 Å². The molecule has 8 heteroatoms. The minimum Gasteiger partial charge on any atom is -0.494 e. The number of methoxy groups -OCH3 is 1. The van der Waals surface area contributed by atoms with Crippen LogP contribution in [0.5, 0.6) is 5.75 Å². The number of carbonyl (C=O) groups is 2. The minimum absolute atomic E-state index is 0.0685. The van der Waals surface area contributed by atoms with Gasteiger partial charge in [-0.15, -0.1) is 0 Å². The highest BCUT2D eigenvalue weighted by molar-refractivity contribution is 8.15. The third kappa shape index (κ3) is 4.79. The lowest BCUT2D eigenvalue weighted by atomic mass is 10.1. The average molecular weight is 446 g/mol. The number of aryl methyl sites for hydroxylation is 1. The first kappa shape index (κ1) is 22.2. The van der Waals surface area contributed by atoms with Crippen LogP contribution in [0.2, 0.25) is 5.02 Å². The molecule has 0 aromatic heterocycles. The Balaban J connectivity index is 1.78. The first-order chi connectivity index (χ1) is 14.3. The molecule has 1 heterocycles. The molecule has 1 unspecified atom stereocenters. The number of hydrogen-bond donors (Lipinski definition) is 1. The second kappa shape index (κ2) is 9.53. The molecule has 2 aromatic carbocycles. The molecule has 0 radical (unpaired) electrons. The number of rotatable bonds is 6. The van der Waals surface area contributed by atoms with E-state index in [2.05, 4.69) is 10.3 Å². The van der Waals surface area contributed by atoms with Gasteiger partial charge >= 0.3 is 0 Å². The SMILES string of the molecule is CCN1C(=O)C(CC(=O)Nc2cccc(C)c2C)SC1=Nc1cc(Cl)ccc1OC. The number of nitrogens with zero attached hydrogens (tertiary/aromatic N) is 2. The topological polar surface area (TPSA) is 71.0 Å². The van der Waals surface area contributed by atoms with Gasteiger partial charge in [-0.2, -0.15) is 0 Å². The lowest BCUT2D eigenvalue weighted by Gasteiger charge is -2.14. The summed E-state index contributed by atoms with van der Waals surface area (Å²) in [6.45, 7) is 6.29. The van der Waals surface area contributed by atoms with Gasteiger partial charge < -0.3 is 10.1 Å². The summed E-state index contributed by atoms with van der Waals surface area (Å²) in [6.07, 6.45) is 0.0685. The molecule has 0 bridgehead atoms. The molecule has 1 N–H and O–H groups in total. The molecule has 3 rings (SSSR count). The molecule has 0 saturated carbocycles. The summed E-state index contributed by atoms with van der Waals surface area (Å²) in [4.78, 5) is 31.7. The molecule has 1 aliphatic rings. The van der Waals surface area contributed by atoms with E-state index < -0.39 is 5.25 Å². The second-order valence-corrected chi connectivity index (χ2v) is 8.51. The fraction of sp³-hybridized carbons (Fsp3) is 0.318. The molecule has 158 valence electrons. The van der Waals surface area contributed by atoms with Crippen molar-refractivity contribution in [3.05, 3.63) is 52.5 Å². The van der Waals surface area contributed by atoms with E-state index >= 15 is 0 Å². The second-order valence-electron chi connectivity index (χ2n) is 6.90. The Morgan fingerprint density at radius 2 is 2.07 bits per heavy atom. The van der Waals surface area contributed by atoms with Crippen molar-refractivity contribution in [3.8, 4) is 5.75 Å². The zero-order valence-corrected chi connectivity index (χ0v) is 18.9. The highest BCUT2D eigenvalue weighted by atomic mass is 35.5. The van der Waals surface area contributed by atoms with Crippen molar-refractivity contribution >= 4 is 51.7 Å². The van der Waals surface area contributed by atoms with Gasteiger partial charge in [0.25, 0.3) is 0 Å². The number of amidine groups is 1. The Hall–Kier alpha value is -2.51. The van der Waals surface area contributed by atoms with Crippen LogP contribution in [0.25, 0.3) is 0 Å². The van der Waals surface area contributed by atoms with E-state index in [-0.39, 0.29) is 18.2 Å². The third-order valence-corrected chi connectivity index (χ3v) is 6.35. The summed E-state index contributed by atoms with van der Waals surface area (Å²) in [7, 11) is 1.55. The molecule has 1 atom stereocenters. The maximum absolute atomic E-state index is 12.9. The third-order valence-electron chi connectivity index (χ3n) is 4.94. The number of carbonyl (C=O) groups excluding carboxylic acids is 2. The van der Waals surface area contributed by atoms with E-state index in [1.54, 1.807) is 30.2 Å². The van der Waals surface area contributed by atoms with Gasteiger partial charge in [-0.3, -0.25) is 14.5 Å². The minimum atomic E-state index is -0.529. The zero-order chi connectivity index (χ0) is 21.8. The molecule has 1 saturated heterocycles. The van der Waals surface area contributed by atoms with E-state index in [0.29, 0.717) is 28.2 Å². The highest BCUT2D eigenvalue weighted by Crippen LogP contribution is 2.36. The summed E-state index contributed by atoms with van der Waals surface area (Å²) >= 11 is 7.38. The normalized spacial score (nSPS) is 17.5. The zero-order valence-electron chi connectivity index (χ0n) is 17.4. The lowest BCUT2D eigenvalue weighted by molar-refractivity contribution is -0.128. The Bertz CT molecular complexity index is 1010. The van der Waals surface area contributed by atoms with Crippen molar-refractivity contribution in [2.75, 3.05) is 19.0 Å². The van der Waals surface area contributed by atoms with E-state index in [0.717, 1.165) is 16.8 Å². The van der Waals surface area contributed by atoms with Crippen LogP contribution in [0.15, 0.2) is 41.4 Å². The quantitative estimate of drug-likeness (QED) is 0.683. The van der Waals surface area contributed by atoms with Crippen LogP contribution >= 0.6 is 23.4 Å². The monoisotopic (exact) mass is 445 g/mol. The molecule has 6 nitrogen and oxygen atoms in total. The average Bonchev–Trinajstić information content (AvgIpc) is 2.99. The summed E-state index contributed by atoms with van der Waals surface area (Å²) < 4.78 is 5.34. The first-order valence-electron chi connectivity index (χ1n) is 9.60. The van der Waals surface area contributed by atoms with E-state index in [9.17, 15) is 9.59 Å².